The number of halogens is 4. The summed E-state index contributed by atoms with van der Waals surface area (Å²) in [7, 11) is 0. The van der Waals surface area contributed by atoms with Gasteiger partial charge in [-0.15, -0.1) is 11.3 Å². The monoisotopic (exact) mass is 347 g/mol. The molecule has 0 bridgehead atoms. The maximum absolute atomic E-state index is 12.7. The van der Waals surface area contributed by atoms with Crippen molar-refractivity contribution in [2.24, 2.45) is 5.92 Å². The first-order valence-corrected chi connectivity index (χ1v) is 8.07. The van der Waals surface area contributed by atoms with Crippen molar-refractivity contribution in [2.75, 3.05) is 0 Å². The molecule has 1 amide bonds. The zero-order valence-corrected chi connectivity index (χ0v) is 13.2. The molecule has 0 radical (unpaired) electrons. The third-order valence-corrected chi connectivity index (χ3v) is 5.51. The van der Waals surface area contributed by atoms with Crippen LogP contribution in [0.4, 0.5) is 13.2 Å². The summed E-state index contributed by atoms with van der Waals surface area (Å²) in [5.41, 5.74) is -0.740. The fraction of sp³-hybridized carbons (Fsp3) is 0.400. The summed E-state index contributed by atoms with van der Waals surface area (Å²) in [6.07, 6.45) is -2.22. The molecular weight excluding hydrogens is 335 g/mol. The number of thiophene rings is 1. The Hall–Kier alpha value is -1.27. The van der Waals surface area contributed by atoms with Crippen molar-refractivity contribution in [3.63, 3.8) is 0 Å². The van der Waals surface area contributed by atoms with Gasteiger partial charge >= 0.3 is 6.18 Å². The molecule has 0 spiro atoms. The second-order valence-electron chi connectivity index (χ2n) is 5.55. The molecule has 3 rings (SSSR count). The van der Waals surface area contributed by atoms with E-state index >= 15 is 0 Å². The topological polar surface area (TPSA) is 29.1 Å². The lowest BCUT2D eigenvalue weighted by Gasteiger charge is -2.11. The van der Waals surface area contributed by atoms with Gasteiger partial charge in [-0.25, -0.2) is 0 Å². The van der Waals surface area contributed by atoms with E-state index in [1.54, 1.807) is 0 Å². The highest BCUT2D eigenvalue weighted by Crippen LogP contribution is 2.39. The van der Waals surface area contributed by atoms with E-state index in [1.807, 2.05) is 6.92 Å². The molecule has 118 valence electrons. The predicted octanol–water partition coefficient (Wildman–Crippen LogP) is 5.10. The second kappa shape index (κ2) is 5.42. The summed E-state index contributed by atoms with van der Waals surface area (Å²) in [5.74, 6) is 0.174. The molecule has 7 heteroatoms. The van der Waals surface area contributed by atoms with Crippen LogP contribution in [0, 0.1) is 5.92 Å². The Labute approximate surface area is 134 Å². The van der Waals surface area contributed by atoms with Crippen molar-refractivity contribution in [1.29, 1.82) is 0 Å². The van der Waals surface area contributed by atoms with Crippen molar-refractivity contribution in [3.8, 4) is 0 Å². The van der Waals surface area contributed by atoms with E-state index in [9.17, 15) is 18.0 Å². The number of amides is 1. The fourth-order valence-corrected chi connectivity index (χ4v) is 3.83. The van der Waals surface area contributed by atoms with Crippen LogP contribution in [0.5, 0.6) is 0 Å². The molecule has 1 aliphatic carbocycles. The van der Waals surface area contributed by atoms with Crippen LogP contribution in [0.25, 0.3) is 10.1 Å². The summed E-state index contributed by atoms with van der Waals surface area (Å²) in [5, 5.41) is 3.56. The average Bonchev–Trinajstić information content (AvgIpc) is 3.23. The third kappa shape index (κ3) is 2.94. The van der Waals surface area contributed by atoms with E-state index in [1.165, 1.54) is 6.07 Å². The molecule has 2 aromatic rings. The highest BCUT2D eigenvalue weighted by atomic mass is 35.5. The van der Waals surface area contributed by atoms with E-state index in [0.29, 0.717) is 16.0 Å². The number of nitrogens with one attached hydrogen (secondary N) is 1. The van der Waals surface area contributed by atoms with Gasteiger partial charge in [0.05, 0.1) is 10.6 Å². The van der Waals surface area contributed by atoms with Crippen molar-refractivity contribution in [2.45, 2.75) is 32.0 Å². The van der Waals surface area contributed by atoms with Crippen molar-refractivity contribution in [3.05, 3.63) is 33.7 Å². The maximum Gasteiger partial charge on any atom is 0.416 e. The molecular formula is C15H13ClF3NOS. The Morgan fingerprint density at radius 1 is 1.41 bits per heavy atom. The molecule has 1 fully saturated rings. The lowest BCUT2D eigenvalue weighted by molar-refractivity contribution is -0.137. The van der Waals surface area contributed by atoms with Gasteiger partial charge in [-0.3, -0.25) is 4.79 Å². The van der Waals surface area contributed by atoms with Crippen LogP contribution in [0.1, 0.15) is 35.0 Å². The Balaban J connectivity index is 1.93. The molecule has 1 saturated carbocycles. The van der Waals surface area contributed by atoms with Gasteiger partial charge in [0.1, 0.15) is 4.88 Å². The number of carbonyl (C=O) groups is 1. The molecule has 22 heavy (non-hydrogen) atoms. The fourth-order valence-electron chi connectivity index (χ4n) is 2.37. The van der Waals surface area contributed by atoms with Crippen LogP contribution >= 0.6 is 22.9 Å². The molecule has 1 unspecified atom stereocenters. The van der Waals surface area contributed by atoms with Gasteiger partial charge in [0.2, 0.25) is 0 Å². The number of hydrogen-bond donors (Lipinski definition) is 1. The van der Waals surface area contributed by atoms with Crippen LogP contribution in [0.3, 0.4) is 0 Å². The van der Waals surface area contributed by atoms with Gasteiger partial charge in [-0.1, -0.05) is 17.7 Å². The first kappa shape index (κ1) is 15.6. The number of alkyl halides is 3. The lowest BCUT2D eigenvalue weighted by Crippen LogP contribution is -2.33. The van der Waals surface area contributed by atoms with Crippen molar-refractivity contribution >= 4 is 38.9 Å². The van der Waals surface area contributed by atoms with E-state index in [0.717, 1.165) is 36.3 Å². The quantitative estimate of drug-likeness (QED) is 0.822. The number of carbonyl (C=O) groups excluding carboxylic acids is 1. The van der Waals surface area contributed by atoms with Crippen LogP contribution in [-0.4, -0.2) is 11.9 Å². The van der Waals surface area contributed by atoms with E-state index in [2.05, 4.69) is 5.32 Å². The van der Waals surface area contributed by atoms with Gasteiger partial charge < -0.3 is 5.32 Å². The Morgan fingerprint density at radius 2 is 2.09 bits per heavy atom. The normalized spacial score (nSPS) is 16.8. The first-order valence-electron chi connectivity index (χ1n) is 6.87. The van der Waals surface area contributed by atoms with Crippen LogP contribution < -0.4 is 5.32 Å². The lowest BCUT2D eigenvalue weighted by atomic mass is 10.1. The molecule has 0 aliphatic heterocycles. The summed E-state index contributed by atoms with van der Waals surface area (Å²) < 4.78 is 38.6. The van der Waals surface area contributed by atoms with Crippen LogP contribution in [0.2, 0.25) is 5.02 Å². The van der Waals surface area contributed by atoms with Gasteiger partial charge in [0.15, 0.2) is 0 Å². The number of hydrogen-bond acceptors (Lipinski definition) is 2. The zero-order valence-electron chi connectivity index (χ0n) is 11.6. The molecule has 1 atom stereocenters. The standard InChI is InChI=1S/C15H13ClF3NOS/c1-7(8-2-3-8)20-14(21)13-12(16)10-5-4-9(15(17,18)19)6-11(10)22-13/h4-8H,2-3H2,1H3,(H,20,21). The van der Waals surface area contributed by atoms with E-state index in [4.69, 9.17) is 11.6 Å². The Morgan fingerprint density at radius 3 is 2.68 bits per heavy atom. The highest BCUT2D eigenvalue weighted by Gasteiger charge is 2.32. The van der Waals surface area contributed by atoms with Crippen LogP contribution in [-0.2, 0) is 6.18 Å². The minimum absolute atomic E-state index is 0.0551. The average molecular weight is 348 g/mol. The summed E-state index contributed by atoms with van der Waals surface area (Å²) in [6, 6.07) is 3.39. The first-order chi connectivity index (χ1) is 10.3. The van der Waals surface area contributed by atoms with E-state index in [-0.39, 0.29) is 21.8 Å². The second-order valence-corrected chi connectivity index (χ2v) is 6.98. The smallest absolute Gasteiger partial charge is 0.349 e. The highest BCUT2D eigenvalue weighted by molar-refractivity contribution is 7.21. The van der Waals surface area contributed by atoms with Crippen LogP contribution in [0.15, 0.2) is 18.2 Å². The van der Waals surface area contributed by atoms with E-state index < -0.39 is 11.7 Å². The summed E-state index contributed by atoms with van der Waals surface area (Å²) >= 11 is 7.16. The van der Waals surface area contributed by atoms with Gasteiger partial charge in [0, 0.05) is 16.1 Å². The Kier molecular flexibility index (Phi) is 3.85. The van der Waals surface area contributed by atoms with Crippen molar-refractivity contribution in [1.82, 2.24) is 5.32 Å². The number of rotatable bonds is 3. The molecule has 2 nitrogen and oxygen atoms in total. The number of benzene rings is 1. The minimum atomic E-state index is -4.41. The SMILES string of the molecule is CC(NC(=O)c1sc2cc(C(F)(F)F)ccc2c1Cl)C1CC1. The van der Waals surface area contributed by atoms with Gasteiger partial charge in [-0.2, -0.15) is 13.2 Å². The third-order valence-electron chi connectivity index (χ3n) is 3.85. The van der Waals surface area contributed by atoms with Gasteiger partial charge in [-0.05, 0) is 37.8 Å². The molecule has 1 aromatic carbocycles. The van der Waals surface area contributed by atoms with Gasteiger partial charge in [0.25, 0.3) is 5.91 Å². The molecule has 1 aliphatic rings. The molecule has 1 N–H and O–H groups in total. The van der Waals surface area contributed by atoms with Crippen molar-refractivity contribution < 1.29 is 18.0 Å². The summed E-state index contributed by atoms with van der Waals surface area (Å²) in [4.78, 5) is 12.5. The minimum Gasteiger partial charge on any atom is -0.349 e. The molecule has 0 saturated heterocycles. The zero-order chi connectivity index (χ0) is 16.1. The predicted molar refractivity (Wildman–Crippen MR) is 81.5 cm³/mol. The molecule has 1 heterocycles. The Bertz CT molecular complexity index is 736. The maximum atomic E-state index is 12.7. The summed E-state index contributed by atoms with van der Waals surface area (Å²) in [6.45, 7) is 1.93. The number of fused-ring (bicyclic) bond motifs is 1. The molecule has 1 aromatic heterocycles. The largest absolute Gasteiger partial charge is 0.416 e.